The van der Waals surface area contributed by atoms with E-state index in [-0.39, 0.29) is 11.9 Å². The molecule has 4 heteroatoms. The zero-order valence-corrected chi connectivity index (χ0v) is 8.01. The molecule has 0 spiro atoms. The Morgan fingerprint density at radius 2 is 2.17 bits per heavy atom. The Labute approximate surface area is 78.9 Å². The Morgan fingerprint density at radius 3 is 2.67 bits per heavy atom. The van der Waals surface area contributed by atoms with Crippen molar-refractivity contribution in [1.82, 2.24) is 0 Å². The molecule has 1 aromatic carbocycles. The zero-order valence-electron chi connectivity index (χ0n) is 6.43. The Balaban J connectivity index is 2.96. The molecule has 0 radical (unpaired) electrons. The van der Waals surface area contributed by atoms with Gasteiger partial charge in [0.05, 0.1) is 4.47 Å². The van der Waals surface area contributed by atoms with E-state index in [4.69, 9.17) is 11.5 Å². The van der Waals surface area contributed by atoms with Crippen LogP contribution in [0.3, 0.4) is 0 Å². The molecule has 0 saturated heterocycles. The van der Waals surface area contributed by atoms with Crippen LogP contribution in [0, 0.1) is 5.82 Å². The lowest BCUT2D eigenvalue weighted by Gasteiger charge is -2.08. The number of rotatable bonds is 2. The molecule has 66 valence electrons. The highest BCUT2D eigenvalue weighted by Crippen LogP contribution is 2.19. The molecule has 4 N–H and O–H groups in total. The molecule has 0 saturated carbocycles. The summed E-state index contributed by atoms with van der Waals surface area (Å²) in [6, 6.07) is 4.43. The van der Waals surface area contributed by atoms with Crippen molar-refractivity contribution in [2.24, 2.45) is 11.5 Å². The van der Waals surface area contributed by atoms with E-state index in [0.717, 1.165) is 5.56 Å². The summed E-state index contributed by atoms with van der Waals surface area (Å²) in [4.78, 5) is 0. The van der Waals surface area contributed by atoms with Crippen molar-refractivity contribution < 1.29 is 4.39 Å². The van der Waals surface area contributed by atoms with Crippen molar-refractivity contribution in [3.63, 3.8) is 0 Å². The summed E-state index contributed by atoms with van der Waals surface area (Å²) in [7, 11) is 0. The molecule has 1 atom stereocenters. The van der Waals surface area contributed by atoms with E-state index in [1.807, 2.05) is 0 Å². The maximum absolute atomic E-state index is 12.7. The van der Waals surface area contributed by atoms with Crippen LogP contribution in [-0.2, 0) is 0 Å². The third kappa shape index (κ3) is 2.03. The van der Waals surface area contributed by atoms with Gasteiger partial charge >= 0.3 is 0 Å². The molecular weight excluding hydrogens is 223 g/mol. The van der Waals surface area contributed by atoms with E-state index in [0.29, 0.717) is 11.0 Å². The Bertz CT molecular complexity index is 278. The predicted octanol–water partition coefficient (Wildman–Crippen LogP) is 1.55. The van der Waals surface area contributed by atoms with Gasteiger partial charge in [-0.3, -0.25) is 0 Å². The normalized spacial score (nSPS) is 13.0. The van der Waals surface area contributed by atoms with Crippen LogP contribution in [0.1, 0.15) is 11.6 Å². The predicted molar refractivity (Wildman–Crippen MR) is 50.1 cm³/mol. The molecule has 0 aromatic heterocycles. The first-order valence-corrected chi connectivity index (χ1v) is 4.35. The van der Waals surface area contributed by atoms with Gasteiger partial charge in [-0.05, 0) is 33.6 Å². The fourth-order valence-electron chi connectivity index (χ4n) is 0.879. The van der Waals surface area contributed by atoms with E-state index in [9.17, 15) is 4.39 Å². The van der Waals surface area contributed by atoms with Crippen molar-refractivity contribution in [3.05, 3.63) is 34.1 Å². The van der Waals surface area contributed by atoms with Gasteiger partial charge in [-0.1, -0.05) is 6.07 Å². The quantitative estimate of drug-likeness (QED) is 0.814. The maximum atomic E-state index is 12.7. The minimum atomic E-state index is -0.289. The molecule has 0 amide bonds. The van der Waals surface area contributed by atoms with Crippen LogP contribution in [0.4, 0.5) is 4.39 Å². The topological polar surface area (TPSA) is 52.0 Å². The van der Waals surface area contributed by atoms with Crippen molar-refractivity contribution in [2.75, 3.05) is 6.54 Å². The van der Waals surface area contributed by atoms with Gasteiger partial charge in [0.2, 0.25) is 0 Å². The second-order valence-corrected chi connectivity index (χ2v) is 3.37. The van der Waals surface area contributed by atoms with E-state index in [1.165, 1.54) is 6.07 Å². The Morgan fingerprint density at radius 1 is 1.50 bits per heavy atom. The number of benzene rings is 1. The Hall–Kier alpha value is -0.450. The molecule has 2 nitrogen and oxygen atoms in total. The minimum absolute atomic E-state index is 0.220. The largest absolute Gasteiger partial charge is 0.329 e. The molecule has 0 aliphatic carbocycles. The van der Waals surface area contributed by atoms with Gasteiger partial charge in [-0.25, -0.2) is 4.39 Å². The highest BCUT2D eigenvalue weighted by atomic mass is 79.9. The average Bonchev–Trinajstić information content (AvgIpc) is 2.08. The van der Waals surface area contributed by atoms with Gasteiger partial charge in [-0.15, -0.1) is 0 Å². The number of hydrogen-bond acceptors (Lipinski definition) is 2. The first-order valence-electron chi connectivity index (χ1n) is 3.55. The van der Waals surface area contributed by atoms with Crippen LogP contribution in [0.25, 0.3) is 0 Å². The lowest BCUT2D eigenvalue weighted by Crippen LogP contribution is -2.20. The van der Waals surface area contributed by atoms with Gasteiger partial charge < -0.3 is 11.5 Å². The molecule has 1 rings (SSSR count). The first-order chi connectivity index (χ1) is 5.65. The first kappa shape index (κ1) is 9.64. The van der Waals surface area contributed by atoms with Gasteiger partial charge in [0.1, 0.15) is 5.82 Å². The standard InChI is InChI=1S/C8H10BrFN2/c9-6-3-5(8(12)4-11)1-2-7(6)10/h1-3,8H,4,11-12H2. The van der Waals surface area contributed by atoms with E-state index in [2.05, 4.69) is 15.9 Å². The number of hydrogen-bond donors (Lipinski definition) is 2. The summed E-state index contributed by atoms with van der Waals surface area (Å²) in [6.45, 7) is 0.359. The van der Waals surface area contributed by atoms with Crippen molar-refractivity contribution in [2.45, 2.75) is 6.04 Å². The highest BCUT2D eigenvalue weighted by molar-refractivity contribution is 9.10. The maximum Gasteiger partial charge on any atom is 0.137 e. The molecule has 1 unspecified atom stereocenters. The summed E-state index contributed by atoms with van der Waals surface area (Å²) in [5.41, 5.74) is 11.8. The van der Waals surface area contributed by atoms with Gasteiger partial charge in [-0.2, -0.15) is 0 Å². The molecule has 0 heterocycles. The van der Waals surface area contributed by atoms with Gasteiger partial charge in [0.15, 0.2) is 0 Å². The lowest BCUT2D eigenvalue weighted by atomic mass is 10.1. The smallest absolute Gasteiger partial charge is 0.137 e. The molecule has 0 aliphatic heterocycles. The summed E-state index contributed by atoms with van der Waals surface area (Å²) in [5.74, 6) is -0.289. The SMILES string of the molecule is NCC(N)c1ccc(F)c(Br)c1. The zero-order chi connectivity index (χ0) is 9.14. The second kappa shape index (κ2) is 3.98. The third-order valence-corrected chi connectivity index (χ3v) is 2.23. The van der Waals surface area contributed by atoms with Crippen LogP contribution in [0.15, 0.2) is 22.7 Å². The second-order valence-electron chi connectivity index (χ2n) is 2.52. The lowest BCUT2D eigenvalue weighted by molar-refractivity contribution is 0.618. The van der Waals surface area contributed by atoms with E-state index >= 15 is 0 Å². The number of nitrogens with two attached hydrogens (primary N) is 2. The molecular formula is C8H10BrFN2. The average molecular weight is 233 g/mol. The molecule has 12 heavy (non-hydrogen) atoms. The monoisotopic (exact) mass is 232 g/mol. The third-order valence-electron chi connectivity index (χ3n) is 1.63. The van der Waals surface area contributed by atoms with Crippen molar-refractivity contribution in [1.29, 1.82) is 0 Å². The molecule has 0 bridgehead atoms. The number of halogens is 2. The van der Waals surface area contributed by atoms with Crippen LogP contribution in [-0.4, -0.2) is 6.54 Å². The van der Waals surface area contributed by atoms with Crippen LogP contribution >= 0.6 is 15.9 Å². The van der Waals surface area contributed by atoms with Crippen LogP contribution in [0.2, 0.25) is 0 Å². The fourth-order valence-corrected chi connectivity index (χ4v) is 1.28. The summed E-state index contributed by atoms with van der Waals surface area (Å²) in [5, 5.41) is 0. The minimum Gasteiger partial charge on any atom is -0.329 e. The van der Waals surface area contributed by atoms with Crippen molar-refractivity contribution >= 4 is 15.9 Å². The molecule has 0 aliphatic rings. The van der Waals surface area contributed by atoms with Gasteiger partial charge in [0, 0.05) is 12.6 Å². The van der Waals surface area contributed by atoms with Crippen LogP contribution < -0.4 is 11.5 Å². The van der Waals surface area contributed by atoms with E-state index in [1.54, 1.807) is 12.1 Å². The molecule has 1 aromatic rings. The summed E-state index contributed by atoms with van der Waals surface area (Å²) < 4.78 is 13.2. The highest BCUT2D eigenvalue weighted by Gasteiger charge is 2.05. The van der Waals surface area contributed by atoms with Crippen LogP contribution in [0.5, 0.6) is 0 Å². The summed E-state index contributed by atoms with van der Waals surface area (Å²) in [6.07, 6.45) is 0. The summed E-state index contributed by atoms with van der Waals surface area (Å²) >= 11 is 3.07. The van der Waals surface area contributed by atoms with Gasteiger partial charge in [0.25, 0.3) is 0 Å². The van der Waals surface area contributed by atoms with Crippen molar-refractivity contribution in [3.8, 4) is 0 Å². The Kier molecular flexibility index (Phi) is 3.20. The molecule has 0 fully saturated rings. The van der Waals surface area contributed by atoms with E-state index < -0.39 is 0 Å². The fraction of sp³-hybridized carbons (Fsp3) is 0.250.